The van der Waals surface area contributed by atoms with E-state index in [0.717, 1.165) is 24.8 Å². The Balaban J connectivity index is 2.51. The predicted molar refractivity (Wildman–Crippen MR) is 67.6 cm³/mol. The summed E-state index contributed by atoms with van der Waals surface area (Å²) in [4.78, 5) is 7.96. The first-order valence-electron chi connectivity index (χ1n) is 5.50. The van der Waals surface area contributed by atoms with Crippen LogP contribution in [0.1, 0.15) is 25.6 Å². The van der Waals surface area contributed by atoms with Gasteiger partial charge in [-0.1, -0.05) is 20.8 Å². The third-order valence-corrected chi connectivity index (χ3v) is 3.17. The number of nitrogens with zero attached hydrogens (tertiary/aromatic N) is 2. The fourth-order valence-electron chi connectivity index (χ4n) is 1.43. The first-order chi connectivity index (χ1) is 7.13. The largest absolute Gasteiger partial charge is 0.351 e. The molecule has 15 heavy (non-hydrogen) atoms. The highest BCUT2D eigenvalue weighted by Gasteiger charge is 2.07. The molecule has 0 spiro atoms. The molecule has 0 radical (unpaired) electrons. The van der Waals surface area contributed by atoms with Crippen molar-refractivity contribution in [2.75, 3.05) is 25.0 Å². The minimum atomic E-state index is 0.677. The number of hydrogen-bond donors (Lipinski definition) is 1. The van der Waals surface area contributed by atoms with Crippen molar-refractivity contribution in [1.29, 1.82) is 0 Å². The smallest absolute Gasteiger partial charge is 0.185 e. The highest BCUT2D eigenvalue weighted by atomic mass is 32.1. The summed E-state index contributed by atoms with van der Waals surface area (Å²) >= 11 is 1.78. The molecule has 4 heteroatoms. The molecule has 0 amide bonds. The van der Waals surface area contributed by atoms with Gasteiger partial charge in [0.15, 0.2) is 5.13 Å². The van der Waals surface area contributed by atoms with Gasteiger partial charge in [-0.25, -0.2) is 4.98 Å². The number of nitrogens with one attached hydrogen (secondary N) is 1. The van der Waals surface area contributed by atoms with E-state index in [4.69, 9.17) is 0 Å². The van der Waals surface area contributed by atoms with Gasteiger partial charge in [0, 0.05) is 31.2 Å². The van der Waals surface area contributed by atoms with Crippen LogP contribution in [0.2, 0.25) is 0 Å². The van der Waals surface area contributed by atoms with Crippen molar-refractivity contribution in [3.05, 3.63) is 11.1 Å². The van der Waals surface area contributed by atoms with E-state index in [1.165, 1.54) is 4.88 Å². The van der Waals surface area contributed by atoms with E-state index >= 15 is 0 Å². The Kier molecular flexibility index (Phi) is 5.05. The topological polar surface area (TPSA) is 28.2 Å². The average Bonchev–Trinajstić information content (AvgIpc) is 2.62. The van der Waals surface area contributed by atoms with Crippen LogP contribution in [0.15, 0.2) is 6.20 Å². The Morgan fingerprint density at radius 2 is 2.27 bits per heavy atom. The van der Waals surface area contributed by atoms with Crippen LogP contribution in [0, 0.1) is 5.92 Å². The van der Waals surface area contributed by atoms with E-state index in [-0.39, 0.29) is 0 Å². The molecule has 1 aromatic rings. The van der Waals surface area contributed by atoms with Crippen molar-refractivity contribution in [2.24, 2.45) is 5.92 Å². The van der Waals surface area contributed by atoms with Crippen LogP contribution in [0.25, 0.3) is 0 Å². The van der Waals surface area contributed by atoms with Crippen LogP contribution < -0.4 is 10.2 Å². The number of thiazole rings is 1. The zero-order chi connectivity index (χ0) is 11.3. The van der Waals surface area contributed by atoms with Gasteiger partial charge in [-0.05, 0) is 12.5 Å². The predicted octanol–water partition coefficient (Wildman–Crippen LogP) is 2.34. The van der Waals surface area contributed by atoms with Crippen LogP contribution >= 0.6 is 11.3 Å². The van der Waals surface area contributed by atoms with Crippen molar-refractivity contribution in [1.82, 2.24) is 10.3 Å². The molecule has 1 rings (SSSR count). The summed E-state index contributed by atoms with van der Waals surface area (Å²) in [5.74, 6) is 0.677. The van der Waals surface area contributed by atoms with Gasteiger partial charge in [-0.3, -0.25) is 0 Å². The third kappa shape index (κ3) is 4.18. The molecule has 0 saturated carbocycles. The molecule has 0 aromatic carbocycles. The third-order valence-electron chi connectivity index (χ3n) is 2.06. The summed E-state index contributed by atoms with van der Waals surface area (Å²) in [5.41, 5.74) is 0. The monoisotopic (exact) mass is 227 g/mol. The maximum absolute atomic E-state index is 4.43. The fourth-order valence-corrected chi connectivity index (χ4v) is 2.28. The molecule has 1 N–H and O–H groups in total. The van der Waals surface area contributed by atoms with Crippen LogP contribution in [-0.4, -0.2) is 25.1 Å². The molecule has 0 bridgehead atoms. The van der Waals surface area contributed by atoms with Crippen molar-refractivity contribution >= 4 is 16.5 Å². The zero-order valence-electron chi connectivity index (χ0n) is 10.1. The van der Waals surface area contributed by atoms with Crippen LogP contribution in [-0.2, 0) is 6.54 Å². The SMILES string of the molecule is CCNCc1cnc(N(C)CC(C)C)s1. The standard InChI is InChI=1S/C11H21N3S/c1-5-12-6-10-7-13-11(15-10)14(4)8-9(2)3/h7,9,12H,5-6,8H2,1-4H3. The second kappa shape index (κ2) is 6.08. The first-order valence-corrected chi connectivity index (χ1v) is 6.31. The first kappa shape index (κ1) is 12.5. The Labute approximate surface area is 96.5 Å². The molecule has 0 fully saturated rings. The number of rotatable bonds is 6. The molecule has 0 unspecified atom stereocenters. The van der Waals surface area contributed by atoms with Gasteiger partial charge >= 0.3 is 0 Å². The average molecular weight is 227 g/mol. The molecule has 0 aliphatic heterocycles. The quantitative estimate of drug-likeness (QED) is 0.808. The van der Waals surface area contributed by atoms with Crippen molar-refractivity contribution in [3.63, 3.8) is 0 Å². The second-order valence-corrected chi connectivity index (χ2v) is 5.26. The lowest BCUT2D eigenvalue weighted by Gasteiger charge is -2.17. The normalized spacial score (nSPS) is 11.0. The molecular formula is C11H21N3S. The van der Waals surface area contributed by atoms with Crippen molar-refractivity contribution in [3.8, 4) is 0 Å². The summed E-state index contributed by atoms with van der Waals surface area (Å²) in [5, 5.41) is 4.43. The fraction of sp³-hybridized carbons (Fsp3) is 0.727. The van der Waals surface area contributed by atoms with E-state index in [1.54, 1.807) is 11.3 Å². The van der Waals surface area contributed by atoms with Gasteiger partial charge in [0.2, 0.25) is 0 Å². The highest BCUT2D eigenvalue weighted by Crippen LogP contribution is 2.21. The maximum Gasteiger partial charge on any atom is 0.185 e. The number of hydrogen-bond acceptors (Lipinski definition) is 4. The van der Waals surface area contributed by atoms with Gasteiger partial charge in [-0.15, -0.1) is 11.3 Å². The minimum absolute atomic E-state index is 0.677. The number of aromatic nitrogens is 1. The lowest BCUT2D eigenvalue weighted by molar-refractivity contribution is 0.637. The molecule has 0 aliphatic carbocycles. The molecule has 0 saturated heterocycles. The van der Waals surface area contributed by atoms with Gasteiger partial charge < -0.3 is 10.2 Å². The van der Waals surface area contributed by atoms with E-state index in [1.807, 2.05) is 6.20 Å². The van der Waals surface area contributed by atoms with Gasteiger partial charge in [0.25, 0.3) is 0 Å². The second-order valence-electron chi connectivity index (χ2n) is 4.16. The Morgan fingerprint density at radius 3 is 2.87 bits per heavy atom. The summed E-state index contributed by atoms with van der Waals surface area (Å²) < 4.78 is 0. The zero-order valence-corrected chi connectivity index (χ0v) is 10.9. The van der Waals surface area contributed by atoms with E-state index in [0.29, 0.717) is 5.92 Å². The maximum atomic E-state index is 4.43. The van der Waals surface area contributed by atoms with Crippen LogP contribution in [0.5, 0.6) is 0 Å². The van der Waals surface area contributed by atoms with E-state index in [2.05, 4.69) is 43.0 Å². The Hall–Kier alpha value is -0.610. The van der Waals surface area contributed by atoms with Gasteiger partial charge in [-0.2, -0.15) is 0 Å². The molecule has 0 aliphatic rings. The lowest BCUT2D eigenvalue weighted by atomic mass is 10.2. The molecule has 3 nitrogen and oxygen atoms in total. The van der Waals surface area contributed by atoms with Crippen molar-refractivity contribution < 1.29 is 0 Å². The van der Waals surface area contributed by atoms with Crippen LogP contribution in [0.4, 0.5) is 5.13 Å². The number of anilines is 1. The lowest BCUT2D eigenvalue weighted by Crippen LogP contribution is -2.22. The summed E-state index contributed by atoms with van der Waals surface area (Å²) in [6.07, 6.45) is 1.97. The molecule has 0 atom stereocenters. The summed E-state index contributed by atoms with van der Waals surface area (Å²) in [7, 11) is 2.11. The molecule has 1 heterocycles. The minimum Gasteiger partial charge on any atom is -0.351 e. The van der Waals surface area contributed by atoms with E-state index in [9.17, 15) is 0 Å². The Bertz CT molecular complexity index is 283. The molecule has 1 aromatic heterocycles. The van der Waals surface area contributed by atoms with Crippen LogP contribution in [0.3, 0.4) is 0 Å². The molecule has 86 valence electrons. The van der Waals surface area contributed by atoms with E-state index < -0.39 is 0 Å². The Morgan fingerprint density at radius 1 is 1.53 bits per heavy atom. The van der Waals surface area contributed by atoms with Gasteiger partial charge in [0.05, 0.1) is 0 Å². The summed E-state index contributed by atoms with van der Waals surface area (Å²) in [6, 6.07) is 0. The van der Waals surface area contributed by atoms with Gasteiger partial charge in [0.1, 0.15) is 0 Å². The molecular weight excluding hydrogens is 206 g/mol. The summed E-state index contributed by atoms with van der Waals surface area (Å²) in [6.45, 7) is 9.58. The van der Waals surface area contributed by atoms with Crippen molar-refractivity contribution in [2.45, 2.75) is 27.3 Å². The highest BCUT2D eigenvalue weighted by molar-refractivity contribution is 7.15.